The molecule has 4 aromatic carbocycles. The van der Waals surface area contributed by atoms with Gasteiger partial charge in [-0.3, -0.25) is 9.78 Å². The molecule has 0 amide bonds. The van der Waals surface area contributed by atoms with E-state index >= 15 is 0 Å². The predicted octanol–water partition coefficient (Wildman–Crippen LogP) is 12.1. The second kappa shape index (κ2) is 14.9. The van der Waals surface area contributed by atoms with E-state index in [1.165, 1.54) is 55.6 Å². The van der Waals surface area contributed by atoms with Crippen molar-refractivity contribution in [2.45, 2.75) is 107 Å². The molecule has 1 radical (unpaired) electrons. The Hall–Kier alpha value is -3.66. The van der Waals surface area contributed by atoms with E-state index in [4.69, 9.17) is 9.97 Å². The summed E-state index contributed by atoms with van der Waals surface area (Å²) in [4.78, 5) is 21.8. The van der Waals surface area contributed by atoms with Crippen LogP contribution in [0, 0.1) is 37.7 Å². The monoisotopic (exact) mass is 846 g/mol. The Kier molecular flexibility index (Phi) is 11.7. The van der Waals surface area contributed by atoms with Gasteiger partial charge < -0.3 is 5.11 Å². The first-order valence-electron chi connectivity index (χ1n) is 17.9. The minimum absolute atomic E-state index is 0. The zero-order chi connectivity index (χ0) is 35.9. The molecule has 0 saturated heterocycles. The third-order valence-corrected chi connectivity index (χ3v) is 11.7. The minimum atomic E-state index is -0.337. The molecule has 1 aromatic heterocycles. The van der Waals surface area contributed by atoms with Crippen molar-refractivity contribution in [3.8, 4) is 22.5 Å². The molecule has 5 aromatic rings. The van der Waals surface area contributed by atoms with E-state index in [2.05, 4.69) is 95.3 Å². The summed E-state index contributed by atoms with van der Waals surface area (Å²) in [6.45, 7) is 23.2. The molecular formula is C45H53IrN2O2-. The van der Waals surface area contributed by atoms with Gasteiger partial charge in [-0.15, -0.1) is 29.1 Å². The molecule has 0 spiro atoms. The molecule has 5 heteroatoms. The second-order valence-corrected chi connectivity index (χ2v) is 15.1. The quantitative estimate of drug-likeness (QED) is 0.0960. The van der Waals surface area contributed by atoms with E-state index in [9.17, 15) is 9.90 Å². The summed E-state index contributed by atoms with van der Waals surface area (Å²) >= 11 is 0. The van der Waals surface area contributed by atoms with Crippen molar-refractivity contribution in [1.82, 2.24) is 9.97 Å². The SMILES string of the molecule is CCC(C)(CC)C(=O)/C=C(\O)C(C)(CC)CC.Cc1cc(C)c2c(C)cc(-c3ncnc4c3C(C)(C)c3ccc5ccccc5c3-4)[c-]c2c1.[Ir]. The molecular weight excluding hydrogens is 793 g/mol. The van der Waals surface area contributed by atoms with Crippen LogP contribution in [-0.4, -0.2) is 20.9 Å². The Balaban J connectivity index is 0.000000269. The van der Waals surface area contributed by atoms with E-state index in [1.807, 2.05) is 41.5 Å². The molecule has 1 heterocycles. The summed E-state index contributed by atoms with van der Waals surface area (Å²) < 4.78 is 0. The largest absolute Gasteiger partial charge is 0.512 e. The number of allylic oxidation sites excluding steroid dienone is 2. The Bertz CT molecular complexity index is 2080. The van der Waals surface area contributed by atoms with Crippen LogP contribution in [0.4, 0.5) is 0 Å². The van der Waals surface area contributed by atoms with Gasteiger partial charge in [-0.1, -0.05) is 127 Å². The molecule has 0 saturated carbocycles. The van der Waals surface area contributed by atoms with Gasteiger partial charge in [0.05, 0.1) is 5.69 Å². The van der Waals surface area contributed by atoms with Crippen LogP contribution >= 0.6 is 0 Å². The summed E-state index contributed by atoms with van der Waals surface area (Å²) in [5.74, 6) is 0.286. The number of ketones is 1. The number of carbonyl (C=O) groups is 1. The molecule has 0 bridgehead atoms. The Labute approximate surface area is 313 Å². The van der Waals surface area contributed by atoms with Gasteiger partial charge in [-0.05, 0) is 61.4 Å². The number of carbonyl (C=O) groups excluding carboxylic acids is 1. The number of aliphatic hydroxyl groups excluding tert-OH is 1. The smallest absolute Gasteiger partial charge is 0.164 e. The van der Waals surface area contributed by atoms with Crippen molar-refractivity contribution in [3.63, 3.8) is 0 Å². The zero-order valence-corrected chi connectivity index (χ0v) is 34.2. The first kappa shape index (κ1) is 39.1. The number of nitrogens with zero attached hydrogens (tertiary/aromatic N) is 2. The first-order chi connectivity index (χ1) is 23.1. The van der Waals surface area contributed by atoms with Gasteiger partial charge in [0.25, 0.3) is 0 Å². The maximum absolute atomic E-state index is 12.2. The van der Waals surface area contributed by atoms with Gasteiger partial charge in [-0.25, -0.2) is 4.98 Å². The van der Waals surface area contributed by atoms with Crippen molar-refractivity contribution < 1.29 is 30.0 Å². The maximum atomic E-state index is 12.2. The van der Waals surface area contributed by atoms with Crippen LogP contribution < -0.4 is 0 Å². The Morgan fingerprint density at radius 2 is 1.44 bits per heavy atom. The van der Waals surface area contributed by atoms with Crippen molar-refractivity contribution in [3.05, 3.63) is 107 Å². The standard InChI is InChI=1S/C30H25N2.C15H28O2.Ir/c1-17-12-18(2)25-19(3)14-22(15-21(25)13-17)28-27-29(32-16-31-28)26-23-9-7-6-8-20(23)10-11-24(26)30(27,4)5;1-7-14(5,8-2)12(16)11-13(17)15(6,9-3)10-4;/h6-14,16H,1-5H3;11,16H,7-10H2,1-6H3;/q-1;;/b;12-11-;. The molecule has 265 valence electrons. The van der Waals surface area contributed by atoms with Crippen LogP contribution in [0.1, 0.15) is 109 Å². The normalized spacial score (nSPS) is 13.7. The summed E-state index contributed by atoms with van der Waals surface area (Å²) in [7, 11) is 0. The average molecular weight is 846 g/mol. The maximum Gasteiger partial charge on any atom is 0.164 e. The van der Waals surface area contributed by atoms with Crippen LogP contribution in [0.15, 0.2) is 72.8 Å². The van der Waals surface area contributed by atoms with Gasteiger partial charge in [-0.2, -0.15) is 0 Å². The first-order valence-corrected chi connectivity index (χ1v) is 17.9. The molecule has 0 unspecified atom stereocenters. The van der Waals surface area contributed by atoms with Crippen molar-refractivity contribution in [2.75, 3.05) is 0 Å². The van der Waals surface area contributed by atoms with E-state index in [0.717, 1.165) is 48.0 Å². The van der Waals surface area contributed by atoms with Crippen LogP contribution in [0.2, 0.25) is 0 Å². The van der Waals surface area contributed by atoms with Crippen LogP contribution in [0.25, 0.3) is 44.1 Å². The summed E-state index contributed by atoms with van der Waals surface area (Å²) in [6, 6.07) is 23.5. The fourth-order valence-electron chi connectivity index (χ4n) is 7.42. The van der Waals surface area contributed by atoms with Gasteiger partial charge in [0.15, 0.2) is 5.78 Å². The number of aromatic nitrogens is 2. The Morgan fingerprint density at radius 1 is 0.840 bits per heavy atom. The number of hydrogen-bond acceptors (Lipinski definition) is 4. The van der Waals surface area contributed by atoms with Crippen LogP contribution in [0.3, 0.4) is 0 Å². The third kappa shape index (κ3) is 6.84. The van der Waals surface area contributed by atoms with E-state index in [0.29, 0.717) is 0 Å². The molecule has 4 nitrogen and oxygen atoms in total. The third-order valence-electron chi connectivity index (χ3n) is 11.7. The zero-order valence-electron chi connectivity index (χ0n) is 31.8. The molecule has 1 aliphatic rings. The van der Waals surface area contributed by atoms with Crippen LogP contribution in [-0.2, 0) is 30.3 Å². The number of hydrogen-bond donors (Lipinski definition) is 1. The van der Waals surface area contributed by atoms with Crippen molar-refractivity contribution in [2.24, 2.45) is 10.8 Å². The summed E-state index contributed by atoms with van der Waals surface area (Å²) in [5, 5.41) is 15.1. The molecule has 6 rings (SSSR count). The fraction of sp³-hybridized carbons (Fsp3) is 0.400. The topological polar surface area (TPSA) is 63.1 Å². The molecule has 0 atom stereocenters. The summed E-state index contributed by atoms with van der Waals surface area (Å²) in [5.41, 5.74) is 9.88. The number of aryl methyl sites for hydroxylation is 3. The number of rotatable bonds is 8. The Morgan fingerprint density at radius 3 is 2.08 bits per heavy atom. The van der Waals surface area contributed by atoms with Gasteiger partial charge in [0.2, 0.25) is 0 Å². The van der Waals surface area contributed by atoms with Gasteiger partial charge in [0.1, 0.15) is 12.1 Å². The second-order valence-electron chi connectivity index (χ2n) is 15.1. The number of benzene rings is 4. The number of fused-ring (bicyclic) bond motifs is 6. The number of aliphatic hydroxyl groups is 1. The van der Waals surface area contributed by atoms with Crippen molar-refractivity contribution >= 4 is 27.3 Å². The molecule has 1 N–H and O–H groups in total. The summed E-state index contributed by atoms with van der Waals surface area (Å²) in [6.07, 6.45) is 6.47. The van der Waals surface area contributed by atoms with E-state index < -0.39 is 0 Å². The molecule has 50 heavy (non-hydrogen) atoms. The van der Waals surface area contributed by atoms with Crippen LogP contribution in [0.5, 0.6) is 0 Å². The molecule has 1 aliphatic carbocycles. The fourth-order valence-corrected chi connectivity index (χ4v) is 7.42. The molecule has 0 aliphatic heterocycles. The predicted molar refractivity (Wildman–Crippen MR) is 206 cm³/mol. The average Bonchev–Trinajstić information content (AvgIpc) is 3.33. The van der Waals surface area contributed by atoms with Gasteiger partial charge >= 0.3 is 0 Å². The molecule has 0 fully saturated rings. The van der Waals surface area contributed by atoms with E-state index in [1.54, 1.807) is 6.33 Å². The van der Waals surface area contributed by atoms with Gasteiger partial charge in [0, 0.05) is 53.7 Å². The van der Waals surface area contributed by atoms with Crippen molar-refractivity contribution in [1.29, 1.82) is 0 Å². The minimum Gasteiger partial charge on any atom is -0.512 e. The van der Waals surface area contributed by atoms with E-state index in [-0.39, 0.29) is 47.9 Å².